The molecule has 0 spiro atoms. The van der Waals surface area contributed by atoms with E-state index >= 15 is 0 Å². The highest BCUT2D eigenvalue weighted by atomic mass is 32.2. The predicted molar refractivity (Wildman–Crippen MR) is 55.7 cm³/mol. The lowest BCUT2D eigenvalue weighted by Gasteiger charge is -2.31. The third kappa shape index (κ3) is 1.59. The fraction of sp³-hybridized carbons (Fsp3) is 0.400. The molecule has 0 bridgehead atoms. The average molecular weight is 228 g/mol. The van der Waals surface area contributed by atoms with Crippen molar-refractivity contribution < 1.29 is 8.78 Å². The lowest BCUT2D eigenvalue weighted by Crippen LogP contribution is -2.36. The van der Waals surface area contributed by atoms with Gasteiger partial charge in [-0.05, 0) is 30.9 Å². The molecule has 0 atom stereocenters. The molecule has 1 aromatic rings. The molecule has 1 fully saturated rings. The summed E-state index contributed by atoms with van der Waals surface area (Å²) in [5.41, 5.74) is 0.693. The number of fused-ring (bicyclic) bond motifs is 1. The number of hydrogen-bond acceptors (Lipinski definition) is 3. The first kappa shape index (κ1) is 9.42. The summed E-state index contributed by atoms with van der Waals surface area (Å²) in [6.45, 7) is 0.658. The maximum atomic E-state index is 13.5. The minimum Gasteiger partial charge on any atom is -0.354 e. The zero-order valence-corrected chi connectivity index (χ0v) is 8.78. The van der Waals surface area contributed by atoms with Gasteiger partial charge in [0.25, 0.3) is 0 Å². The summed E-state index contributed by atoms with van der Waals surface area (Å²) >= 11 is 1.24. The molecule has 0 aromatic heterocycles. The Kier molecular flexibility index (Phi) is 2.10. The summed E-state index contributed by atoms with van der Waals surface area (Å²) in [5, 5.41) is 0. The van der Waals surface area contributed by atoms with Gasteiger partial charge in [-0.15, -0.1) is 0 Å². The van der Waals surface area contributed by atoms with E-state index in [0.29, 0.717) is 23.3 Å². The zero-order valence-electron chi connectivity index (χ0n) is 7.96. The lowest BCUT2D eigenvalue weighted by molar-refractivity contribution is 0.559. The van der Waals surface area contributed by atoms with E-state index in [1.165, 1.54) is 18.0 Å². The molecule has 1 saturated carbocycles. The van der Waals surface area contributed by atoms with Gasteiger partial charge in [0, 0.05) is 12.1 Å². The normalized spacial score (nSPS) is 20.3. The van der Waals surface area contributed by atoms with E-state index < -0.39 is 11.6 Å². The highest BCUT2D eigenvalue weighted by Crippen LogP contribution is 2.40. The Morgan fingerprint density at radius 2 is 2.13 bits per heavy atom. The van der Waals surface area contributed by atoms with Crippen LogP contribution in [0.25, 0.3) is 0 Å². The van der Waals surface area contributed by atoms with Gasteiger partial charge >= 0.3 is 0 Å². The van der Waals surface area contributed by atoms with Gasteiger partial charge in [-0.3, -0.25) is 0 Å². The van der Waals surface area contributed by atoms with Gasteiger partial charge in [0.15, 0.2) is 0 Å². The molecule has 3 rings (SSSR count). The number of nitrogens with zero attached hydrogens (tertiary/aromatic N) is 1. The van der Waals surface area contributed by atoms with Crippen LogP contribution in [0.4, 0.5) is 14.5 Å². The summed E-state index contributed by atoms with van der Waals surface area (Å²) in [5.74, 6) is -0.979. The van der Waals surface area contributed by atoms with Crippen molar-refractivity contribution in [1.29, 1.82) is 0 Å². The fourth-order valence-corrected chi connectivity index (χ4v) is 2.62. The molecule has 0 saturated heterocycles. The maximum Gasteiger partial charge on any atom is 0.143 e. The van der Waals surface area contributed by atoms with Crippen molar-refractivity contribution in [2.24, 2.45) is 0 Å². The van der Waals surface area contributed by atoms with Crippen LogP contribution in [-0.4, -0.2) is 12.7 Å². The Morgan fingerprint density at radius 3 is 2.87 bits per heavy atom. The van der Waals surface area contributed by atoms with Gasteiger partial charge < -0.3 is 4.90 Å². The molecule has 2 nitrogen and oxygen atoms in total. The van der Waals surface area contributed by atoms with Gasteiger partial charge in [0.2, 0.25) is 0 Å². The molecule has 2 aliphatic rings. The maximum absolute atomic E-state index is 13.5. The molecule has 1 aromatic carbocycles. The summed E-state index contributed by atoms with van der Waals surface area (Å²) < 4.78 is 29.6. The monoisotopic (exact) mass is 228 g/mol. The SMILES string of the molecule is Fc1cc(F)c2c(c1)N(C1CC1)CNS2. The van der Waals surface area contributed by atoms with Crippen LogP contribution in [0.5, 0.6) is 0 Å². The summed E-state index contributed by atoms with van der Waals surface area (Å²) in [6, 6.07) is 2.81. The van der Waals surface area contributed by atoms with Gasteiger partial charge in [-0.1, -0.05) is 0 Å². The van der Waals surface area contributed by atoms with Crippen LogP contribution in [0, 0.1) is 11.6 Å². The second-order valence-corrected chi connectivity index (χ2v) is 4.74. The predicted octanol–water partition coefficient (Wildman–Crippen LogP) is 2.50. The fourth-order valence-electron chi connectivity index (χ4n) is 1.83. The highest BCUT2D eigenvalue weighted by molar-refractivity contribution is 7.97. The number of halogens is 2. The summed E-state index contributed by atoms with van der Waals surface area (Å²) in [4.78, 5) is 2.55. The van der Waals surface area contributed by atoms with Crippen molar-refractivity contribution in [3.8, 4) is 0 Å². The van der Waals surface area contributed by atoms with E-state index in [2.05, 4.69) is 4.72 Å². The molecule has 80 valence electrons. The first-order valence-corrected chi connectivity index (χ1v) is 5.73. The number of nitrogens with one attached hydrogen (secondary N) is 1. The van der Waals surface area contributed by atoms with Crippen molar-refractivity contribution in [3.63, 3.8) is 0 Å². The molecule has 1 aliphatic heterocycles. The molecular formula is C10H10F2N2S. The second kappa shape index (κ2) is 3.35. The van der Waals surface area contributed by atoms with Crippen LogP contribution in [0.3, 0.4) is 0 Å². The average Bonchev–Trinajstić information content (AvgIpc) is 3.00. The zero-order chi connectivity index (χ0) is 10.4. The molecule has 1 N–H and O–H groups in total. The Bertz CT molecular complexity index is 407. The molecular weight excluding hydrogens is 218 g/mol. The van der Waals surface area contributed by atoms with Gasteiger partial charge in [0.1, 0.15) is 11.6 Å². The van der Waals surface area contributed by atoms with Crippen LogP contribution in [0.2, 0.25) is 0 Å². The highest BCUT2D eigenvalue weighted by Gasteiger charge is 2.33. The quantitative estimate of drug-likeness (QED) is 0.743. The Balaban J connectivity index is 2.08. The van der Waals surface area contributed by atoms with E-state index in [4.69, 9.17) is 0 Å². The van der Waals surface area contributed by atoms with Gasteiger partial charge in [0.05, 0.1) is 17.3 Å². The Morgan fingerprint density at radius 1 is 1.33 bits per heavy atom. The van der Waals surface area contributed by atoms with Crippen molar-refractivity contribution >= 4 is 17.6 Å². The minimum atomic E-state index is -0.501. The topological polar surface area (TPSA) is 15.3 Å². The number of anilines is 1. The molecule has 5 heteroatoms. The van der Waals surface area contributed by atoms with Crippen molar-refractivity contribution in [1.82, 2.24) is 4.72 Å². The Hall–Kier alpha value is -0.810. The van der Waals surface area contributed by atoms with Crippen molar-refractivity contribution in [2.75, 3.05) is 11.6 Å². The molecule has 0 amide bonds. The van der Waals surface area contributed by atoms with Gasteiger partial charge in [-0.25, -0.2) is 13.5 Å². The first-order valence-electron chi connectivity index (χ1n) is 4.91. The van der Waals surface area contributed by atoms with E-state index in [1.54, 1.807) is 0 Å². The lowest BCUT2D eigenvalue weighted by atomic mass is 10.2. The number of rotatable bonds is 1. The van der Waals surface area contributed by atoms with Gasteiger partial charge in [-0.2, -0.15) is 0 Å². The second-order valence-electron chi connectivity index (χ2n) is 3.84. The van der Waals surface area contributed by atoms with Crippen LogP contribution in [0.1, 0.15) is 12.8 Å². The van der Waals surface area contributed by atoms with E-state index in [0.717, 1.165) is 18.9 Å². The molecule has 0 radical (unpaired) electrons. The van der Waals surface area contributed by atoms with E-state index in [9.17, 15) is 8.78 Å². The molecule has 15 heavy (non-hydrogen) atoms. The summed E-state index contributed by atoms with van der Waals surface area (Å²) in [6.07, 6.45) is 2.23. The van der Waals surface area contributed by atoms with Crippen LogP contribution < -0.4 is 9.62 Å². The Labute approximate surface area is 90.8 Å². The number of benzene rings is 1. The third-order valence-electron chi connectivity index (χ3n) is 2.69. The standard InChI is InChI=1S/C10H10F2N2S/c11-6-3-8(12)10-9(4-6)14(5-13-15-10)7-1-2-7/h3-4,7,13H,1-2,5H2. The first-order chi connectivity index (χ1) is 7.25. The van der Waals surface area contributed by atoms with Crippen LogP contribution >= 0.6 is 11.9 Å². The third-order valence-corrected chi connectivity index (χ3v) is 3.58. The van der Waals surface area contributed by atoms with Crippen LogP contribution in [0.15, 0.2) is 17.0 Å². The van der Waals surface area contributed by atoms with E-state index in [1.807, 2.05) is 4.90 Å². The molecule has 0 unspecified atom stereocenters. The minimum absolute atomic E-state index is 0.457. The smallest absolute Gasteiger partial charge is 0.143 e. The molecule has 1 aliphatic carbocycles. The van der Waals surface area contributed by atoms with Crippen molar-refractivity contribution in [2.45, 2.75) is 23.8 Å². The van der Waals surface area contributed by atoms with Crippen molar-refractivity contribution in [3.05, 3.63) is 23.8 Å². The number of hydrogen-bond donors (Lipinski definition) is 1. The van der Waals surface area contributed by atoms with Crippen LogP contribution in [-0.2, 0) is 0 Å². The summed E-state index contributed by atoms with van der Waals surface area (Å²) in [7, 11) is 0. The molecule has 1 heterocycles. The largest absolute Gasteiger partial charge is 0.354 e. The van der Waals surface area contributed by atoms with E-state index in [-0.39, 0.29) is 0 Å².